The van der Waals surface area contributed by atoms with Gasteiger partial charge in [-0.3, -0.25) is 14.4 Å². The van der Waals surface area contributed by atoms with Crippen molar-refractivity contribution in [1.29, 1.82) is 0 Å². The maximum absolute atomic E-state index is 12.2. The van der Waals surface area contributed by atoms with Gasteiger partial charge in [-0.2, -0.15) is 0 Å². The fourth-order valence-electron chi connectivity index (χ4n) is 2.47. The molecule has 0 atom stereocenters. The molecule has 7 heteroatoms. The van der Waals surface area contributed by atoms with Crippen LogP contribution in [0, 0.1) is 0 Å². The molecule has 3 amide bonds. The van der Waals surface area contributed by atoms with Gasteiger partial charge in [0.15, 0.2) is 0 Å². The first kappa shape index (κ1) is 21.0. The Morgan fingerprint density at radius 3 is 2.21 bits per heavy atom. The third kappa shape index (κ3) is 6.42. The van der Waals surface area contributed by atoms with Crippen LogP contribution in [0.3, 0.4) is 0 Å². The molecule has 0 fully saturated rings. The normalized spacial score (nSPS) is 10.1. The molecule has 2 rings (SSSR count). The predicted molar refractivity (Wildman–Crippen MR) is 111 cm³/mol. The average molecular weight is 382 g/mol. The van der Waals surface area contributed by atoms with Crippen LogP contribution < -0.4 is 21.3 Å². The lowest BCUT2D eigenvalue weighted by Gasteiger charge is -2.10. The molecule has 0 saturated carbocycles. The number of hydrogen-bond acceptors (Lipinski definition) is 4. The highest BCUT2D eigenvalue weighted by atomic mass is 16.2. The highest BCUT2D eigenvalue weighted by Gasteiger charge is 2.08. The van der Waals surface area contributed by atoms with Gasteiger partial charge >= 0.3 is 0 Å². The van der Waals surface area contributed by atoms with Crippen LogP contribution in [0.4, 0.5) is 11.4 Å². The van der Waals surface area contributed by atoms with Crippen LogP contribution in [0.2, 0.25) is 0 Å². The van der Waals surface area contributed by atoms with Crippen molar-refractivity contribution in [2.75, 3.05) is 30.3 Å². The number of benzene rings is 2. The second-order valence-corrected chi connectivity index (χ2v) is 6.18. The summed E-state index contributed by atoms with van der Waals surface area (Å²) in [5.74, 6) is -0.531. The Kier molecular flexibility index (Phi) is 8.02. The van der Waals surface area contributed by atoms with Crippen molar-refractivity contribution in [2.45, 2.75) is 20.3 Å². The SMILES string of the molecule is CCCNC(=O)c1cccc(NC(=O)CNc2ccc(C(=O)NCC)cc2)c1. The summed E-state index contributed by atoms with van der Waals surface area (Å²) in [5.41, 5.74) is 2.36. The lowest BCUT2D eigenvalue weighted by Crippen LogP contribution is -2.25. The molecule has 0 radical (unpaired) electrons. The maximum Gasteiger partial charge on any atom is 0.251 e. The summed E-state index contributed by atoms with van der Waals surface area (Å²) in [5, 5.41) is 11.3. The molecule has 0 saturated heterocycles. The molecule has 0 aliphatic carbocycles. The van der Waals surface area contributed by atoms with Gasteiger partial charge < -0.3 is 21.3 Å². The maximum atomic E-state index is 12.2. The van der Waals surface area contributed by atoms with Gasteiger partial charge in [0, 0.05) is 35.6 Å². The minimum Gasteiger partial charge on any atom is -0.376 e. The summed E-state index contributed by atoms with van der Waals surface area (Å²) in [6, 6.07) is 13.7. The zero-order chi connectivity index (χ0) is 20.4. The molecule has 0 heterocycles. The van der Waals surface area contributed by atoms with Crippen LogP contribution in [0.1, 0.15) is 41.0 Å². The Morgan fingerprint density at radius 1 is 0.821 bits per heavy atom. The molecule has 0 aromatic heterocycles. The summed E-state index contributed by atoms with van der Waals surface area (Å²) in [7, 11) is 0. The second kappa shape index (κ2) is 10.7. The van der Waals surface area contributed by atoms with Crippen LogP contribution in [0.5, 0.6) is 0 Å². The molecule has 7 nitrogen and oxygen atoms in total. The van der Waals surface area contributed by atoms with E-state index >= 15 is 0 Å². The van der Waals surface area contributed by atoms with Crippen LogP contribution in [-0.4, -0.2) is 37.4 Å². The standard InChI is InChI=1S/C21H26N4O3/c1-3-12-23-21(28)16-6-5-7-18(13-16)25-19(26)14-24-17-10-8-15(9-11-17)20(27)22-4-2/h5-11,13,24H,3-4,12,14H2,1-2H3,(H,22,27)(H,23,28)(H,25,26). The number of carbonyl (C=O) groups is 3. The van der Waals surface area contributed by atoms with E-state index < -0.39 is 0 Å². The lowest BCUT2D eigenvalue weighted by molar-refractivity contribution is -0.114. The average Bonchev–Trinajstić information content (AvgIpc) is 2.71. The molecule has 2 aromatic carbocycles. The Morgan fingerprint density at radius 2 is 1.54 bits per heavy atom. The molecule has 28 heavy (non-hydrogen) atoms. The highest BCUT2D eigenvalue weighted by Crippen LogP contribution is 2.12. The largest absolute Gasteiger partial charge is 0.376 e. The number of nitrogens with one attached hydrogen (secondary N) is 4. The van der Waals surface area contributed by atoms with E-state index in [1.807, 2.05) is 13.8 Å². The van der Waals surface area contributed by atoms with Crippen LogP contribution in [0.25, 0.3) is 0 Å². The summed E-state index contributed by atoms with van der Waals surface area (Å²) in [6.07, 6.45) is 0.859. The summed E-state index contributed by atoms with van der Waals surface area (Å²) in [4.78, 5) is 35.9. The van der Waals surface area contributed by atoms with Crippen molar-refractivity contribution in [3.63, 3.8) is 0 Å². The van der Waals surface area contributed by atoms with Crippen molar-refractivity contribution < 1.29 is 14.4 Å². The Bertz CT molecular complexity index is 819. The second-order valence-electron chi connectivity index (χ2n) is 6.18. The van der Waals surface area contributed by atoms with E-state index in [4.69, 9.17) is 0 Å². The summed E-state index contributed by atoms with van der Waals surface area (Å²) >= 11 is 0. The fourth-order valence-corrected chi connectivity index (χ4v) is 2.47. The number of hydrogen-bond donors (Lipinski definition) is 4. The topological polar surface area (TPSA) is 99.3 Å². The van der Waals surface area contributed by atoms with E-state index in [0.29, 0.717) is 29.9 Å². The number of carbonyl (C=O) groups excluding carboxylic acids is 3. The highest BCUT2D eigenvalue weighted by molar-refractivity contribution is 5.98. The smallest absolute Gasteiger partial charge is 0.251 e. The van der Waals surface area contributed by atoms with Crippen molar-refractivity contribution in [2.24, 2.45) is 0 Å². The van der Waals surface area contributed by atoms with Crippen molar-refractivity contribution in [3.05, 3.63) is 59.7 Å². The number of rotatable bonds is 9. The van der Waals surface area contributed by atoms with Gasteiger partial charge in [-0.1, -0.05) is 13.0 Å². The molecule has 0 aliphatic rings. The van der Waals surface area contributed by atoms with E-state index in [-0.39, 0.29) is 24.3 Å². The molecular weight excluding hydrogens is 356 g/mol. The first-order chi connectivity index (χ1) is 13.5. The predicted octanol–water partition coefficient (Wildman–Crippen LogP) is 2.63. The van der Waals surface area contributed by atoms with Gasteiger partial charge in [-0.25, -0.2) is 0 Å². The van der Waals surface area contributed by atoms with E-state index in [1.54, 1.807) is 48.5 Å². The monoisotopic (exact) mass is 382 g/mol. The molecule has 0 aliphatic heterocycles. The Hall–Kier alpha value is -3.35. The molecule has 148 valence electrons. The molecule has 0 bridgehead atoms. The van der Waals surface area contributed by atoms with Crippen molar-refractivity contribution in [3.8, 4) is 0 Å². The first-order valence-corrected chi connectivity index (χ1v) is 9.33. The fraction of sp³-hybridized carbons (Fsp3) is 0.286. The van der Waals surface area contributed by atoms with E-state index in [9.17, 15) is 14.4 Å². The molecular formula is C21H26N4O3. The minimum absolute atomic E-state index is 0.0623. The molecule has 0 spiro atoms. The third-order valence-electron chi connectivity index (χ3n) is 3.88. The van der Waals surface area contributed by atoms with Gasteiger partial charge in [0.2, 0.25) is 5.91 Å². The van der Waals surface area contributed by atoms with Crippen LogP contribution in [0.15, 0.2) is 48.5 Å². The quantitative estimate of drug-likeness (QED) is 0.536. The minimum atomic E-state index is -0.237. The molecule has 2 aromatic rings. The van der Waals surface area contributed by atoms with Crippen LogP contribution >= 0.6 is 0 Å². The van der Waals surface area contributed by atoms with Gasteiger partial charge in [-0.15, -0.1) is 0 Å². The van der Waals surface area contributed by atoms with E-state index in [0.717, 1.165) is 12.1 Å². The van der Waals surface area contributed by atoms with E-state index in [1.165, 1.54) is 0 Å². The zero-order valence-corrected chi connectivity index (χ0v) is 16.2. The zero-order valence-electron chi connectivity index (χ0n) is 16.2. The van der Waals surface area contributed by atoms with Crippen LogP contribution in [-0.2, 0) is 4.79 Å². The van der Waals surface area contributed by atoms with Gasteiger partial charge in [0.1, 0.15) is 0 Å². The van der Waals surface area contributed by atoms with E-state index in [2.05, 4.69) is 21.3 Å². The van der Waals surface area contributed by atoms with Gasteiger partial charge in [0.05, 0.1) is 6.54 Å². The van der Waals surface area contributed by atoms with Gasteiger partial charge in [0.25, 0.3) is 11.8 Å². The number of amides is 3. The van der Waals surface area contributed by atoms with Crippen molar-refractivity contribution in [1.82, 2.24) is 10.6 Å². The van der Waals surface area contributed by atoms with Crippen molar-refractivity contribution >= 4 is 29.1 Å². The van der Waals surface area contributed by atoms with Gasteiger partial charge in [-0.05, 0) is 55.8 Å². The lowest BCUT2D eigenvalue weighted by atomic mass is 10.2. The first-order valence-electron chi connectivity index (χ1n) is 9.33. The summed E-state index contributed by atoms with van der Waals surface area (Å²) < 4.78 is 0. The summed E-state index contributed by atoms with van der Waals surface area (Å²) in [6.45, 7) is 5.09. The Balaban J connectivity index is 1.87. The Labute approximate surface area is 164 Å². The molecule has 4 N–H and O–H groups in total. The number of anilines is 2. The third-order valence-corrected chi connectivity index (χ3v) is 3.88. The molecule has 0 unspecified atom stereocenters.